The largest absolute Gasteiger partial charge is 0.496 e. The third-order valence-electron chi connectivity index (χ3n) is 4.14. The summed E-state index contributed by atoms with van der Waals surface area (Å²) in [5, 5.41) is 2.89. The van der Waals surface area contributed by atoms with Crippen molar-refractivity contribution in [3.63, 3.8) is 0 Å². The summed E-state index contributed by atoms with van der Waals surface area (Å²) in [6, 6.07) is 14.9. The van der Waals surface area contributed by atoms with Gasteiger partial charge in [-0.15, -0.1) is 0 Å². The van der Waals surface area contributed by atoms with Crippen LogP contribution < -0.4 is 14.8 Å². The molecule has 132 valence electrons. The quantitative estimate of drug-likeness (QED) is 0.838. The molecular weight excluding hydrogens is 318 g/mol. The third-order valence-corrected chi connectivity index (χ3v) is 4.14. The summed E-state index contributed by atoms with van der Waals surface area (Å²) in [4.78, 5) is 12.2. The van der Waals surface area contributed by atoms with E-state index >= 15 is 0 Å². The van der Waals surface area contributed by atoms with Gasteiger partial charge in [0.15, 0.2) is 0 Å². The van der Waals surface area contributed by atoms with Crippen LogP contribution in [0.3, 0.4) is 0 Å². The highest BCUT2D eigenvalue weighted by Crippen LogP contribution is 2.20. The van der Waals surface area contributed by atoms with Crippen LogP contribution in [0.25, 0.3) is 0 Å². The summed E-state index contributed by atoms with van der Waals surface area (Å²) in [7, 11) is 1.60. The van der Waals surface area contributed by atoms with Crippen LogP contribution >= 0.6 is 0 Å². The van der Waals surface area contributed by atoms with Gasteiger partial charge in [-0.05, 0) is 43.2 Å². The number of anilines is 1. The van der Waals surface area contributed by atoms with Crippen LogP contribution in [0, 0.1) is 0 Å². The first-order valence-electron chi connectivity index (χ1n) is 8.51. The highest BCUT2D eigenvalue weighted by atomic mass is 16.5. The number of nitrogens with one attached hydrogen (secondary N) is 1. The van der Waals surface area contributed by atoms with Crippen molar-refractivity contribution in [2.24, 2.45) is 0 Å². The minimum Gasteiger partial charge on any atom is -0.496 e. The third kappa shape index (κ3) is 4.97. The Morgan fingerprint density at radius 1 is 1.20 bits per heavy atom. The lowest BCUT2D eigenvalue weighted by atomic mass is 10.1. The Kier molecular flexibility index (Phi) is 5.90. The van der Waals surface area contributed by atoms with Gasteiger partial charge in [0.05, 0.1) is 19.6 Å². The Labute approximate surface area is 147 Å². The molecule has 2 aromatic carbocycles. The lowest BCUT2D eigenvalue weighted by Crippen LogP contribution is -2.16. The number of benzene rings is 2. The van der Waals surface area contributed by atoms with E-state index in [1.54, 1.807) is 7.11 Å². The number of hydrogen-bond acceptors (Lipinski definition) is 4. The topological polar surface area (TPSA) is 56.8 Å². The fraction of sp³-hybridized carbons (Fsp3) is 0.350. The molecule has 0 saturated carbocycles. The predicted molar refractivity (Wildman–Crippen MR) is 96.2 cm³/mol. The smallest absolute Gasteiger partial charge is 0.228 e. The number of carbonyl (C=O) groups is 1. The Balaban J connectivity index is 1.51. The van der Waals surface area contributed by atoms with Crippen molar-refractivity contribution < 1.29 is 19.0 Å². The van der Waals surface area contributed by atoms with Crippen LogP contribution in [0.1, 0.15) is 18.4 Å². The van der Waals surface area contributed by atoms with E-state index in [2.05, 4.69) is 5.32 Å². The summed E-state index contributed by atoms with van der Waals surface area (Å²) in [6.45, 7) is 1.39. The molecule has 1 saturated heterocycles. The Morgan fingerprint density at radius 2 is 2.00 bits per heavy atom. The van der Waals surface area contributed by atoms with Crippen LogP contribution in [-0.4, -0.2) is 32.3 Å². The molecule has 5 nitrogen and oxygen atoms in total. The van der Waals surface area contributed by atoms with Crippen molar-refractivity contribution >= 4 is 11.6 Å². The number of methoxy groups -OCH3 is 1. The van der Waals surface area contributed by atoms with Gasteiger partial charge in [-0.25, -0.2) is 0 Å². The number of para-hydroxylation sites is 1. The SMILES string of the molecule is COc1ccccc1CC(=O)Nc1ccc(OCC2CCCO2)cc1. The fourth-order valence-electron chi connectivity index (χ4n) is 2.83. The van der Waals surface area contributed by atoms with Crippen LogP contribution in [0.2, 0.25) is 0 Å². The normalized spacial score (nSPS) is 16.4. The molecule has 0 aromatic heterocycles. The van der Waals surface area contributed by atoms with Gasteiger partial charge in [0.2, 0.25) is 5.91 Å². The van der Waals surface area contributed by atoms with Crippen LogP contribution in [0.5, 0.6) is 11.5 Å². The van der Waals surface area contributed by atoms with Gasteiger partial charge < -0.3 is 19.5 Å². The molecular formula is C20H23NO4. The van der Waals surface area contributed by atoms with Gasteiger partial charge in [0.1, 0.15) is 18.1 Å². The van der Waals surface area contributed by atoms with Crippen molar-refractivity contribution in [2.45, 2.75) is 25.4 Å². The van der Waals surface area contributed by atoms with Gasteiger partial charge in [0.25, 0.3) is 0 Å². The summed E-state index contributed by atoms with van der Waals surface area (Å²) in [6.07, 6.45) is 2.61. The van der Waals surface area contributed by atoms with Crippen molar-refractivity contribution in [1.82, 2.24) is 0 Å². The molecule has 0 radical (unpaired) electrons. The molecule has 0 aliphatic carbocycles. The second-order valence-corrected chi connectivity index (χ2v) is 6.01. The van der Waals surface area contributed by atoms with Gasteiger partial charge in [-0.3, -0.25) is 4.79 Å². The molecule has 1 fully saturated rings. The summed E-state index contributed by atoms with van der Waals surface area (Å²) in [5.74, 6) is 1.41. The molecule has 3 rings (SSSR count). The van der Waals surface area contributed by atoms with Crippen molar-refractivity contribution in [3.05, 3.63) is 54.1 Å². The maximum Gasteiger partial charge on any atom is 0.228 e. The van der Waals surface area contributed by atoms with Crippen LogP contribution in [0.4, 0.5) is 5.69 Å². The van der Waals surface area contributed by atoms with Crippen molar-refractivity contribution in [1.29, 1.82) is 0 Å². The van der Waals surface area contributed by atoms with Gasteiger partial charge in [-0.1, -0.05) is 18.2 Å². The highest BCUT2D eigenvalue weighted by Gasteiger charge is 2.16. The molecule has 25 heavy (non-hydrogen) atoms. The summed E-state index contributed by atoms with van der Waals surface area (Å²) >= 11 is 0. The second-order valence-electron chi connectivity index (χ2n) is 6.01. The van der Waals surface area contributed by atoms with E-state index < -0.39 is 0 Å². The molecule has 1 N–H and O–H groups in total. The highest BCUT2D eigenvalue weighted by molar-refractivity contribution is 5.92. The molecule has 2 aromatic rings. The average molecular weight is 341 g/mol. The first-order chi connectivity index (χ1) is 12.2. The summed E-state index contributed by atoms with van der Waals surface area (Å²) < 4.78 is 16.5. The Bertz CT molecular complexity index is 693. The molecule has 1 atom stereocenters. The van der Waals surface area contributed by atoms with E-state index in [4.69, 9.17) is 14.2 Å². The zero-order valence-corrected chi connectivity index (χ0v) is 14.4. The standard InChI is InChI=1S/C20H23NO4/c1-23-19-7-3-2-5-15(19)13-20(22)21-16-8-10-17(11-9-16)25-14-18-6-4-12-24-18/h2-3,5,7-11,18H,4,6,12-14H2,1H3,(H,21,22). The number of rotatable bonds is 7. The van der Waals surface area contributed by atoms with E-state index in [9.17, 15) is 4.79 Å². The first-order valence-corrected chi connectivity index (χ1v) is 8.51. The average Bonchev–Trinajstić information content (AvgIpc) is 3.15. The number of ether oxygens (including phenoxy) is 3. The number of carbonyl (C=O) groups excluding carboxylic acids is 1. The van der Waals surface area contributed by atoms with E-state index in [1.807, 2.05) is 48.5 Å². The molecule has 1 amide bonds. The van der Waals surface area contributed by atoms with Crippen molar-refractivity contribution in [3.8, 4) is 11.5 Å². The fourth-order valence-corrected chi connectivity index (χ4v) is 2.83. The van der Waals surface area contributed by atoms with Gasteiger partial charge >= 0.3 is 0 Å². The van der Waals surface area contributed by atoms with E-state index in [1.165, 1.54) is 0 Å². The van der Waals surface area contributed by atoms with Crippen molar-refractivity contribution in [2.75, 3.05) is 25.6 Å². The molecule has 1 aliphatic heterocycles. The van der Waals surface area contributed by atoms with Gasteiger partial charge in [-0.2, -0.15) is 0 Å². The minimum absolute atomic E-state index is 0.0856. The first kappa shape index (κ1) is 17.3. The minimum atomic E-state index is -0.0856. The predicted octanol–water partition coefficient (Wildman–Crippen LogP) is 3.43. The van der Waals surface area contributed by atoms with Crippen LogP contribution in [0.15, 0.2) is 48.5 Å². The van der Waals surface area contributed by atoms with E-state index in [0.717, 1.165) is 42.2 Å². The van der Waals surface area contributed by atoms with E-state index in [0.29, 0.717) is 6.61 Å². The summed E-state index contributed by atoms with van der Waals surface area (Å²) in [5.41, 5.74) is 1.60. The second kappa shape index (κ2) is 8.53. The molecule has 1 unspecified atom stereocenters. The van der Waals surface area contributed by atoms with Crippen LogP contribution in [-0.2, 0) is 16.0 Å². The zero-order valence-electron chi connectivity index (χ0n) is 14.4. The molecule has 0 spiro atoms. The number of hydrogen-bond donors (Lipinski definition) is 1. The monoisotopic (exact) mass is 341 g/mol. The molecule has 1 heterocycles. The molecule has 1 aliphatic rings. The Hall–Kier alpha value is -2.53. The Morgan fingerprint density at radius 3 is 2.72 bits per heavy atom. The lowest BCUT2D eigenvalue weighted by Gasteiger charge is -2.12. The van der Waals surface area contributed by atoms with E-state index in [-0.39, 0.29) is 18.4 Å². The lowest BCUT2D eigenvalue weighted by molar-refractivity contribution is -0.115. The maximum absolute atomic E-state index is 12.2. The zero-order chi connectivity index (χ0) is 17.5. The molecule has 5 heteroatoms. The molecule has 0 bridgehead atoms. The maximum atomic E-state index is 12.2. The number of amides is 1. The van der Waals surface area contributed by atoms with Gasteiger partial charge in [0, 0.05) is 17.9 Å².